The van der Waals surface area contributed by atoms with Crippen LogP contribution in [-0.2, 0) is 42.7 Å². The Morgan fingerprint density at radius 1 is 0.731 bits per heavy atom. The van der Waals surface area contributed by atoms with E-state index in [9.17, 15) is 43.8 Å². The molecule has 290 valence electrons. The number of aromatic nitrogens is 4. The number of nitrogens with one attached hydrogen (secondary N) is 2. The summed E-state index contributed by atoms with van der Waals surface area (Å²) < 4.78 is 43.4. The largest absolute Gasteiger partial charge is 2.00 e. The first-order chi connectivity index (χ1) is 23.8. The zero-order chi connectivity index (χ0) is 39.4. The van der Waals surface area contributed by atoms with Gasteiger partial charge in [-0.2, -0.15) is 13.2 Å². The van der Waals surface area contributed by atoms with Crippen LogP contribution >= 0.6 is 24.4 Å². The maximum Gasteiger partial charge on any atom is 2.00 e. The van der Waals surface area contributed by atoms with Gasteiger partial charge in [0.15, 0.2) is 26.8 Å². The van der Waals surface area contributed by atoms with Crippen molar-refractivity contribution in [2.24, 2.45) is 20.5 Å². The van der Waals surface area contributed by atoms with Gasteiger partial charge in [0, 0.05) is 43.9 Å². The Labute approximate surface area is 317 Å². The third-order valence-corrected chi connectivity index (χ3v) is 7.70. The third-order valence-electron chi connectivity index (χ3n) is 6.82. The maximum atomic E-state index is 12.7. The summed E-state index contributed by atoms with van der Waals surface area (Å²) in [6.07, 6.45) is -4.15. The van der Waals surface area contributed by atoms with Crippen molar-refractivity contribution >= 4 is 59.4 Å². The number of hydrogen-bond donors (Lipinski definition) is 4. The normalized spacial score (nSPS) is 11.2. The number of azo groups is 2. The van der Waals surface area contributed by atoms with Gasteiger partial charge in [-0.05, 0) is 72.1 Å². The molecule has 2 heterocycles. The van der Waals surface area contributed by atoms with Crippen LogP contribution < -0.4 is 11.1 Å². The van der Waals surface area contributed by atoms with Crippen LogP contribution in [0, 0.1) is 20.4 Å². The van der Waals surface area contributed by atoms with Crippen LogP contribution in [0.15, 0.2) is 30.0 Å². The van der Waals surface area contributed by atoms with Crippen molar-refractivity contribution in [3.63, 3.8) is 0 Å². The fourth-order valence-corrected chi connectivity index (χ4v) is 5.13. The molecular formula is C28H41F3N14NiO4S2. The molecule has 0 aliphatic carbocycles. The van der Waals surface area contributed by atoms with Crippen LogP contribution in [0.4, 0.5) is 24.5 Å². The van der Waals surface area contributed by atoms with E-state index < -0.39 is 52.5 Å². The molecule has 52 heavy (non-hydrogen) atoms. The molecule has 0 unspecified atom stereocenters. The molecule has 0 aliphatic heterocycles. The molecule has 0 saturated carbocycles. The zero-order valence-corrected chi connectivity index (χ0v) is 32.1. The minimum Gasteiger partial charge on any atom is -0.493 e. The molecule has 0 fully saturated rings. The van der Waals surface area contributed by atoms with E-state index in [1.807, 2.05) is 6.92 Å². The van der Waals surface area contributed by atoms with Crippen LogP contribution in [0.3, 0.4) is 0 Å². The monoisotopic (exact) mass is 816 g/mol. The predicted octanol–water partition coefficient (Wildman–Crippen LogP) is 6.23. The molecule has 0 bridgehead atoms. The molecule has 2 aromatic rings. The molecule has 2 aromatic heterocycles. The van der Waals surface area contributed by atoms with Crippen LogP contribution in [0.25, 0.3) is 10.8 Å². The van der Waals surface area contributed by atoms with Crippen LogP contribution in [-0.4, -0.2) is 81.1 Å². The first-order valence-corrected chi connectivity index (χ1v) is 16.5. The Hall–Kier alpha value is -4.44. The number of rotatable bonds is 10. The van der Waals surface area contributed by atoms with Crippen molar-refractivity contribution in [3.8, 4) is 11.8 Å². The number of guanidine groups is 2. The summed E-state index contributed by atoms with van der Waals surface area (Å²) >= 11 is 10.3. The summed E-state index contributed by atoms with van der Waals surface area (Å²) in [7, 11) is 0. The van der Waals surface area contributed by atoms with Crippen LogP contribution in [0.1, 0.15) is 61.3 Å². The van der Waals surface area contributed by atoms with Crippen molar-refractivity contribution in [1.82, 2.24) is 28.1 Å². The number of nitrogens with zero attached hydrogens (tertiary/aromatic N) is 12. The fraction of sp³-hybridized carbons (Fsp3) is 0.571. The molecule has 24 heteroatoms. The van der Waals surface area contributed by atoms with Crippen LogP contribution in [0.2, 0.25) is 0 Å². The molecule has 0 amide bonds. The number of hydrogen-bond acceptors (Lipinski definition) is 10. The standard InChI is InChI=1S/C14H19F3N7O2S.C14H22N7O2S.Ni/c1-4-7-24(11(18)14(15,16)17)12(19)21-20-8-9(25)22(5-2)13(27)23(6-3)10(8)26;1-5-8-21(9(4)15)13(16)18-17-10-11(22)19(6-2)14(24)20(7-3)12(10)23;/h18,25H,4-7H2,1-3H3;15,22H,5-8H2,1-4H3;/q2*-1;+2. The van der Waals surface area contributed by atoms with Gasteiger partial charge in [-0.3, -0.25) is 43.5 Å². The summed E-state index contributed by atoms with van der Waals surface area (Å²) in [6, 6.07) is 0. The Morgan fingerprint density at radius 2 is 1.06 bits per heavy atom. The molecule has 0 atom stereocenters. The van der Waals surface area contributed by atoms with Crippen molar-refractivity contribution in [3.05, 3.63) is 41.1 Å². The Balaban J connectivity index is 0.000000988. The van der Waals surface area contributed by atoms with Crippen molar-refractivity contribution in [1.29, 1.82) is 10.8 Å². The van der Waals surface area contributed by atoms with E-state index >= 15 is 0 Å². The van der Waals surface area contributed by atoms with Crippen LogP contribution in [0.5, 0.6) is 11.8 Å². The Bertz CT molecular complexity index is 1940. The maximum absolute atomic E-state index is 12.7. The third kappa shape index (κ3) is 11.3. The Kier molecular flexibility index (Phi) is 19.4. The van der Waals surface area contributed by atoms with Gasteiger partial charge in [-0.1, -0.05) is 26.7 Å². The molecule has 0 aromatic carbocycles. The molecule has 2 rings (SSSR count). The van der Waals surface area contributed by atoms with Crippen molar-refractivity contribution in [2.75, 3.05) is 13.1 Å². The first-order valence-electron chi connectivity index (χ1n) is 15.6. The summed E-state index contributed by atoms with van der Waals surface area (Å²) in [4.78, 5) is 26.2. The number of alkyl halides is 3. The average Bonchev–Trinajstić information content (AvgIpc) is 3.06. The van der Waals surface area contributed by atoms with E-state index in [4.69, 9.17) is 35.3 Å². The van der Waals surface area contributed by atoms with E-state index in [1.54, 1.807) is 34.6 Å². The minimum absolute atomic E-state index is 0. The number of amidine groups is 2. The van der Waals surface area contributed by atoms with E-state index in [2.05, 4.69) is 20.5 Å². The number of halogens is 3. The predicted molar refractivity (Wildman–Crippen MR) is 192 cm³/mol. The summed E-state index contributed by atoms with van der Waals surface area (Å²) in [5.41, 5.74) is -2.30. The van der Waals surface area contributed by atoms with E-state index in [1.165, 1.54) is 25.5 Å². The molecule has 0 radical (unpaired) electrons. The molecule has 4 N–H and O–H groups in total. The fourth-order valence-electron chi connectivity index (χ4n) is 4.28. The van der Waals surface area contributed by atoms with Gasteiger partial charge < -0.3 is 36.2 Å². The second kappa shape index (κ2) is 21.2. The van der Waals surface area contributed by atoms with Gasteiger partial charge in [-0.15, -0.1) is 0 Å². The van der Waals surface area contributed by atoms with Gasteiger partial charge in [0.1, 0.15) is 0 Å². The number of aromatic hydroxyl groups is 2. The second-order valence-corrected chi connectivity index (χ2v) is 11.0. The second-order valence-electron chi connectivity index (χ2n) is 10.2. The van der Waals surface area contributed by atoms with E-state index in [0.29, 0.717) is 26.1 Å². The van der Waals surface area contributed by atoms with Gasteiger partial charge in [0.05, 0.1) is 0 Å². The molecule has 0 aliphatic rings. The smallest absolute Gasteiger partial charge is 0.493 e. The van der Waals surface area contributed by atoms with E-state index in [0.717, 1.165) is 4.57 Å². The minimum atomic E-state index is -5.01. The van der Waals surface area contributed by atoms with Gasteiger partial charge in [-0.25, -0.2) is 10.2 Å². The zero-order valence-electron chi connectivity index (χ0n) is 29.5. The average molecular weight is 818 g/mol. The van der Waals surface area contributed by atoms with E-state index in [-0.39, 0.29) is 68.5 Å². The molecule has 0 spiro atoms. The summed E-state index contributed by atoms with van der Waals surface area (Å²) in [5, 5.41) is 68.9. The van der Waals surface area contributed by atoms with Gasteiger partial charge in [0.25, 0.3) is 11.1 Å². The topological polar surface area (TPSA) is 243 Å². The van der Waals surface area contributed by atoms with Gasteiger partial charge in [0.2, 0.25) is 11.8 Å². The SMILES string of the molecule is CCCN(C(=[N-])N=Nc1c(O)n(CC)c(=S)n(CC)c1=O)C(=N)C(F)(F)F.CCCN(C(=[N-])N=Nc1c(O)n(CC)c(=S)n(CC)c1=O)C(C)=N.[Ni+2]. The van der Waals surface area contributed by atoms with Crippen molar-refractivity contribution < 1.29 is 39.9 Å². The first kappa shape index (κ1) is 47.6. The van der Waals surface area contributed by atoms with Crippen molar-refractivity contribution in [2.45, 2.75) is 93.7 Å². The molecule has 0 saturated heterocycles. The van der Waals surface area contributed by atoms with Gasteiger partial charge >= 0.3 is 22.7 Å². The Morgan fingerprint density at radius 3 is 1.35 bits per heavy atom. The molecule has 18 nitrogen and oxygen atoms in total. The molecular weight excluding hydrogens is 776 g/mol. The summed E-state index contributed by atoms with van der Waals surface area (Å²) in [6.45, 7) is 12.8. The summed E-state index contributed by atoms with van der Waals surface area (Å²) in [5.74, 6) is -4.51. The quantitative estimate of drug-likeness (QED) is 0.0703.